The van der Waals surface area contributed by atoms with E-state index in [0.717, 1.165) is 0 Å². The maximum Gasteiger partial charge on any atom is 0.439 e. The van der Waals surface area contributed by atoms with Crippen molar-refractivity contribution in [3.05, 3.63) is 38.9 Å². The van der Waals surface area contributed by atoms with Gasteiger partial charge < -0.3 is 5.11 Å². The van der Waals surface area contributed by atoms with Crippen molar-refractivity contribution in [1.29, 1.82) is 0 Å². The van der Waals surface area contributed by atoms with E-state index in [-0.39, 0.29) is 0 Å². The number of alkyl halides is 10. The van der Waals surface area contributed by atoms with Gasteiger partial charge in [-0.1, -0.05) is 29.0 Å². The van der Waals surface area contributed by atoms with Gasteiger partial charge in [-0.05, 0) is 6.08 Å². The highest BCUT2D eigenvalue weighted by Gasteiger charge is 2.76. The SMILES string of the molecule is O=C(/C=C(\[O-])c1c(Cl)c(F)c(C(F)(F)F)c(F)c1Cl)C(F)(C(F)(F)F)C(F)(F)F. The van der Waals surface area contributed by atoms with E-state index in [1.807, 2.05) is 0 Å². The van der Waals surface area contributed by atoms with Gasteiger partial charge in [0.2, 0.25) is 5.78 Å². The summed E-state index contributed by atoms with van der Waals surface area (Å²) >= 11 is 10.1. The fourth-order valence-electron chi connectivity index (χ4n) is 1.83. The van der Waals surface area contributed by atoms with Crippen LogP contribution in [0.2, 0.25) is 10.0 Å². The Morgan fingerprint density at radius 1 is 0.793 bits per heavy atom. The number of rotatable bonds is 3. The molecule has 1 rings (SSSR count). The lowest BCUT2D eigenvalue weighted by Crippen LogP contribution is -2.58. The van der Waals surface area contributed by atoms with E-state index >= 15 is 0 Å². The second-order valence-electron chi connectivity index (χ2n) is 5.03. The third-order valence-electron chi connectivity index (χ3n) is 3.18. The van der Waals surface area contributed by atoms with E-state index in [1.165, 1.54) is 0 Å². The molecule has 164 valence electrons. The van der Waals surface area contributed by atoms with Gasteiger partial charge in [-0.15, -0.1) is 0 Å². The largest absolute Gasteiger partial charge is 0.872 e. The Kier molecular flexibility index (Phi) is 6.48. The summed E-state index contributed by atoms with van der Waals surface area (Å²) in [5.74, 6) is -11.5. The van der Waals surface area contributed by atoms with Gasteiger partial charge in [0.15, 0.2) is 11.6 Å². The van der Waals surface area contributed by atoms with Crippen molar-refractivity contribution in [2.45, 2.75) is 24.2 Å². The van der Waals surface area contributed by atoms with Crippen molar-refractivity contribution in [2.75, 3.05) is 0 Å². The molecule has 0 unspecified atom stereocenters. The fourth-order valence-corrected chi connectivity index (χ4v) is 2.44. The van der Waals surface area contributed by atoms with Crippen LogP contribution in [0.3, 0.4) is 0 Å². The van der Waals surface area contributed by atoms with Crippen LogP contribution in [0.5, 0.6) is 0 Å². The number of halogens is 14. The number of hydrogen-bond acceptors (Lipinski definition) is 2. The average Bonchev–Trinajstić information content (AvgIpc) is 2.48. The average molecular weight is 488 g/mol. The van der Waals surface area contributed by atoms with E-state index in [0.29, 0.717) is 0 Å². The molecule has 0 amide bonds. The molecule has 0 heterocycles. The highest BCUT2D eigenvalue weighted by atomic mass is 35.5. The van der Waals surface area contributed by atoms with Crippen molar-refractivity contribution in [2.24, 2.45) is 0 Å². The molecular formula is C13HCl2F12O2-. The summed E-state index contributed by atoms with van der Waals surface area (Å²) in [7, 11) is 0. The Bertz CT molecular complexity index is 824. The maximum atomic E-state index is 13.7. The predicted molar refractivity (Wildman–Crippen MR) is 70.3 cm³/mol. The summed E-state index contributed by atoms with van der Waals surface area (Å²) in [5.41, 5.74) is -11.3. The number of benzene rings is 1. The predicted octanol–water partition coefficient (Wildman–Crippen LogP) is 5.39. The zero-order valence-corrected chi connectivity index (χ0v) is 14.2. The Morgan fingerprint density at radius 2 is 1.14 bits per heavy atom. The van der Waals surface area contributed by atoms with E-state index in [2.05, 4.69) is 0 Å². The zero-order valence-electron chi connectivity index (χ0n) is 12.7. The van der Waals surface area contributed by atoms with E-state index < -0.39 is 74.6 Å². The van der Waals surface area contributed by atoms with Crippen molar-refractivity contribution in [1.82, 2.24) is 0 Å². The Balaban J connectivity index is 3.74. The van der Waals surface area contributed by atoms with Gasteiger partial charge in [0.05, 0.1) is 10.0 Å². The van der Waals surface area contributed by atoms with E-state index in [4.69, 9.17) is 23.2 Å². The highest BCUT2D eigenvalue weighted by molar-refractivity contribution is 6.38. The van der Waals surface area contributed by atoms with Gasteiger partial charge in [-0.3, -0.25) is 4.79 Å². The normalized spacial score (nSPS) is 14.3. The van der Waals surface area contributed by atoms with Crippen molar-refractivity contribution >= 4 is 34.7 Å². The lowest BCUT2D eigenvalue weighted by atomic mass is 9.97. The molecular weight excluding hydrogens is 487 g/mol. The monoisotopic (exact) mass is 487 g/mol. The molecule has 0 saturated heterocycles. The molecule has 0 spiro atoms. The van der Waals surface area contributed by atoms with Gasteiger partial charge >= 0.3 is 24.2 Å². The van der Waals surface area contributed by atoms with Crippen molar-refractivity contribution < 1.29 is 62.6 Å². The first-order chi connectivity index (χ1) is 12.7. The smallest absolute Gasteiger partial charge is 0.439 e. The summed E-state index contributed by atoms with van der Waals surface area (Å²) in [6, 6.07) is 0. The van der Waals surface area contributed by atoms with Gasteiger partial charge in [0, 0.05) is 5.56 Å². The molecule has 0 radical (unpaired) electrons. The molecule has 0 fully saturated rings. The van der Waals surface area contributed by atoms with Gasteiger partial charge in [0.25, 0.3) is 0 Å². The highest BCUT2D eigenvalue weighted by Crippen LogP contribution is 2.48. The topological polar surface area (TPSA) is 40.1 Å². The molecule has 0 bridgehead atoms. The number of ketones is 1. The summed E-state index contributed by atoms with van der Waals surface area (Å²) in [6.45, 7) is 0. The van der Waals surface area contributed by atoms with Crippen molar-refractivity contribution in [3.63, 3.8) is 0 Å². The Morgan fingerprint density at radius 3 is 1.41 bits per heavy atom. The lowest BCUT2D eigenvalue weighted by Gasteiger charge is -2.28. The minimum absolute atomic E-state index is 1.24. The molecule has 0 aliphatic heterocycles. The summed E-state index contributed by atoms with van der Waals surface area (Å²) < 4.78 is 153. The summed E-state index contributed by atoms with van der Waals surface area (Å²) in [5, 5.41) is 7.73. The summed E-state index contributed by atoms with van der Waals surface area (Å²) in [6.07, 6.45) is -20.9. The second-order valence-corrected chi connectivity index (χ2v) is 5.79. The Labute approximate surface area is 161 Å². The lowest BCUT2D eigenvalue weighted by molar-refractivity contribution is -0.323. The third kappa shape index (κ3) is 4.22. The van der Waals surface area contributed by atoms with Crippen LogP contribution in [0.1, 0.15) is 11.1 Å². The molecule has 0 aliphatic rings. The van der Waals surface area contributed by atoms with Crippen LogP contribution in [0.25, 0.3) is 5.76 Å². The number of hydrogen-bond donors (Lipinski definition) is 0. The zero-order chi connectivity index (χ0) is 23.3. The molecule has 0 N–H and O–H groups in total. The number of allylic oxidation sites excluding steroid dienone is 1. The molecule has 0 atom stereocenters. The van der Waals surface area contributed by atoms with Crippen LogP contribution < -0.4 is 5.11 Å². The summed E-state index contributed by atoms with van der Waals surface area (Å²) in [4.78, 5) is 11.2. The molecule has 0 aliphatic carbocycles. The number of carbonyl (C=O) groups excluding carboxylic acids is 1. The third-order valence-corrected chi connectivity index (χ3v) is 3.89. The maximum absolute atomic E-state index is 13.7. The first kappa shape index (κ1) is 25.2. The van der Waals surface area contributed by atoms with Gasteiger partial charge in [0.1, 0.15) is 5.56 Å². The van der Waals surface area contributed by atoms with Crippen LogP contribution in [0.15, 0.2) is 6.08 Å². The quantitative estimate of drug-likeness (QED) is 0.248. The first-order valence-electron chi connectivity index (χ1n) is 6.38. The van der Waals surface area contributed by atoms with Gasteiger partial charge in [-0.25, -0.2) is 13.2 Å². The second kappa shape index (κ2) is 7.45. The van der Waals surface area contributed by atoms with Crippen LogP contribution in [-0.2, 0) is 11.0 Å². The molecule has 29 heavy (non-hydrogen) atoms. The first-order valence-corrected chi connectivity index (χ1v) is 7.14. The molecule has 1 aromatic carbocycles. The van der Waals surface area contributed by atoms with Crippen LogP contribution in [0, 0.1) is 11.6 Å². The fraction of sp³-hybridized carbons (Fsp3) is 0.308. The van der Waals surface area contributed by atoms with Crippen LogP contribution in [-0.4, -0.2) is 23.8 Å². The van der Waals surface area contributed by atoms with Crippen LogP contribution >= 0.6 is 23.2 Å². The van der Waals surface area contributed by atoms with Gasteiger partial charge in [-0.2, -0.15) is 39.5 Å². The molecule has 1 aromatic rings. The standard InChI is InChI=1S/C13H2Cl2F12O2/c14-6-4(7(15)9(17)5(8(6)16)11(19,20)21)2(28)1-3(29)10(18,12(22,23)24)13(25,26)27/h1,28H/p-1/b2-1-. The van der Waals surface area contributed by atoms with E-state index in [1.54, 1.807) is 0 Å². The van der Waals surface area contributed by atoms with Crippen molar-refractivity contribution in [3.8, 4) is 0 Å². The molecule has 0 aromatic heterocycles. The number of carbonyl (C=O) groups is 1. The molecule has 16 heteroatoms. The minimum Gasteiger partial charge on any atom is -0.872 e. The molecule has 0 saturated carbocycles. The van der Waals surface area contributed by atoms with E-state index in [9.17, 15) is 62.6 Å². The minimum atomic E-state index is -6.93. The molecule has 2 nitrogen and oxygen atoms in total. The van der Waals surface area contributed by atoms with Crippen LogP contribution in [0.4, 0.5) is 52.7 Å². The Hall–Kier alpha value is -1.83.